The number of rotatable bonds is 1. The van der Waals surface area contributed by atoms with Gasteiger partial charge in [0, 0.05) is 10.9 Å². The van der Waals surface area contributed by atoms with E-state index in [0.717, 1.165) is 3.92 Å². The molecule has 0 aliphatic rings. The van der Waals surface area contributed by atoms with Crippen LogP contribution in [-0.4, -0.2) is 16.4 Å². The first-order valence-corrected chi connectivity index (χ1v) is 5.49. The molecule has 0 atom stereocenters. The van der Waals surface area contributed by atoms with Crippen molar-refractivity contribution in [2.24, 2.45) is 0 Å². The van der Waals surface area contributed by atoms with E-state index in [2.05, 4.69) is 26.2 Å². The molecule has 0 unspecified atom stereocenters. The van der Waals surface area contributed by atoms with Crippen molar-refractivity contribution in [1.29, 1.82) is 0 Å². The van der Waals surface area contributed by atoms with Crippen LogP contribution in [0.3, 0.4) is 0 Å². The maximum atomic E-state index is 11.5. The van der Waals surface area contributed by atoms with Gasteiger partial charge in [-0.25, -0.2) is 4.98 Å². The van der Waals surface area contributed by atoms with Crippen LogP contribution in [0.5, 0.6) is 0 Å². The fourth-order valence-corrected chi connectivity index (χ4v) is 1.75. The zero-order chi connectivity index (χ0) is 10.1. The summed E-state index contributed by atoms with van der Waals surface area (Å²) in [7, 11) is 0. The molecule has 0 bridgehead atoms. The third-order valence-electron chi connectivity index (χ3n) is 1.20. The molecule has 0 spiro atoms. The van der Waals surface area contributed by atoms with E-state index < -0.39 is 0 Å². The Morgan fingerprint density at radius 1 is 1.62 bits per heavy atom. The summed E-state index contributed by atoms with van der Waals surface area (Å²) in [5, 5.41) is 4.56. The standard InChI is InChI=1S/C8H11BrN2OS/c1-8(2,3)11-6(12)5-4-13-7(9)10-5/h4H,1-3H3,(H,11,12). The number of carbonyl (C=O) groups excluding carboxylic acids is 1. The summed E-state index contributed by atoms with van der Waals surface area (Å²) < 4.78 is 0.728. The van der Waals surface area contributed by atoms with E-state index >= 15 is 0 Å². The molecule has 0 aliphatic heterocycles. The number of aromatic nitrogens is 1. The topological polar surface area (TPSA) is 42.0 Å². The second-order valence-electron chi connectivity index (χ2n) is 3.69. The van der Waals surface area contributed by atoms with Crippen molar-refractivity contribution in [3.63, 3.8) is 0 Å². The van der Waals surface area contributed by atoms with Crippen LogP contribution in [0.1, 0.15) is 31.3 Å². The summed E-state index contributed by atoms with van der Waals surface area (Å²) in [4.78, 5) is 15.5. The van der Waals surface area contributed by atoms with Crippen molar-refractivity contribution in [2.45, 2.75) is 26.3 Å². The van der Waals surface area contributed by atoms with Gasteiger partial charge in [0.2, 0.25) is 0 Å². The predicted octanol–water partition coefficient (Wildman–Crippen LogP) is 2.43. The largest absolute Gasteiger partial charge is 0.346 e. The van der Waals surface area contributed by atoms with E-state index in [4.69, 9.17) is 0 Å². The number of nitrogens with one attached hydrogen (secondary N) is 1. The van der Waals surface area contributed by atoms with Gasteiger partial charge >= 0.3 is 0 Å². The third kappa shape index (κ3) is 3.44. The van der Waals surface area contributed by atoms with Gasteiger partial charge in [0.15, 0.2) is 3.92 Å². The van der Waals surface area contributed by atoms with Crippen molar-refractivity contribution in [2.75, 3.05) is 0 Å². The molecule has 0 aliphatic carbocycles. The van der Waals surface area contributed by atoms with E-state index in [1.54, 1.807) is 5.38 Å². The van der Waals surface area contributed by atoms with Gasteiger partial charge in [-0.3, -0.25) is 4.79 Å². The lowest BCUT2D eigenvalue weighted by atomic mass is 10.1. The highest BCUT2D eigenvalue weighted by molar-refractivity contribution is 9.11. The lowest BCUT2D eigenvalue weighted by Gasteiger charge is -2.19. The summed E-state index contributed by atoms with van der Waals surface area (Å²) in [6, 6.07) is 0. The summed E-state index contributed by atoms with van der Waals surface area (Å²) >= 11 is 4.61. The van der Waals surface area contributed by atoms with Crippen molar-refractivity contribution in [1.82, 2.24) is 10.3 Å². The SMILES string of the molecule is CC(C)(C)NC(=O)c1csc(Br)n1. The molecule has 72 valence electrons. The highest BCUT2D eigenvalue weighted by atomic mass is 79.9. The van der Waals surface area contributed by atoms with Gasteiger partial charge in [-0.1, -0.05) is 0 Å². The predicted molar refractivity (Wildman–Crippen MR) is 57.0 cm³/mol. The maximum absolute atomic E-state index is 11.5. The second kappa shape index (κ2) is 3.75. The normalized spacial score (nSPS) is 11.4. The summed E-state index contributed by atoms with van der Waals surface area (Å²) in [6.45, 7) is 5.81. The number of hydrogen-bond donors (Lipinski definition) is 1. The molecule has 13 heavy (non-hydrogen) atoms. The van der Waals surface area contributed by atoms with E-state index in [0.29, 0.717) is 5.69 Å². The smallest absolute Gasteiger partial charge is 0.271 e. The monoisotopic (exact) mass is 262 g/mol. The molecule has 5 heteroatoms. The fraction of sp³-hybridized carbons (Fsp3) is 0.500. The van der Waals surface area contributed by atoms with E-state index in [1.807, 2.05) is 20.8 Å². The van der Waals surface area contributed by atoms with Crippen LogP contribution >= 0.6 is 27.3 Å². The number of halogens is 1. The number of thiazole rings is 1. The number of carbonyl (C=O) groups is 1. The van der Waals surface area contributed by atoms with Gasteiger partial charge in [-0.05, 0) is 36.7 Å². The van der Waals surface area contributed by atoms with Gasteiger partial charge in [0.1, 0.15) is 5.69 Å². The van der Waals surface area contributed by atoms with Crippen LogP contribution in [0, 0.1) is 0 Å². The van der Waals surface area contributed by atoms with E-state index in [9.17, 15) is 4.79 Å². The van der Waals surface area contributed by atoms with Gasteiger partial charge in [0.05, 0.1) is 0 Å². The second-order valence-corrected chi connectivity index (χ2v) is 5.82. The summed E-state index contributed by atoms with van der Waals surface area (Å²) in [5.74, 6) is -0.130. The Labute approximate surface area is 89.7 Å². The Hall–Kier alpha value is -0.420. The van der Waals surface area contributed by atoms with Crippen LogP contribution in [0.2, 0.25) is 0 Å². The molecule has 3 nitrogen and oxygen atoms in total. The van der Waals surface area contributed by atoms with Crippen molar-refractivity contribution >= 4 is 33.2 Å². The molecule has 1 aromatic heterocycles. The van der Waals surface area contributed by atoms with E-state index in [1.165, 1.54) is 11.3 Å². The highest BCUT2D eigenvalue weighted by Gasteiger charge is 2.16. The molecule has 0 radical (unpaired) electrons. The highest BCUT2D eigenvalue weighted by Crippen LogP contribution is 2.16. The lowest BCUT2D eigenvalue weighted by molar-refractivity contribution is 0.0915. The number of hydrogen-bond acceptors (Lipinski definition) is 3. The van der Waals surface area contributed by atoms with Crippen LogP contribution < -0.4 is 5.32 Å². The van der Waals surface area contributed by atoms with Gasteiger partial charge in [-0.15, -0.1) is 11.3 Å². The minimum atomic E-state index is -0.215. The first kappa shape index (κ1) is 10.7. The lowest BCUT2D eigenvalue weighted by Crippen LogP contribution is -2.40. The minimum Gasteiger partial charge on any atom is -0.346 e. The van der Waals surface area contributed by atoms with Crippen LogP contribution in [0.15, 0.2) is 9.30 Å². The quantitative estimate of drug-likeness (QED) is 0.845. The maximum Gasteiger partial charge on any atom is 0.271 e. The molecule has 1 amide bonds. The molecule has 1 rings (SSSR count). The summed E-state index contributed by atoms with van der Waals surface area (Å²) in [5.41, 5.74) is 0.250. The molecule has 0 saturated heterocycles. The van der Waals surface area contributed by atoms with Crippen LogP contribution in [-0.2, 0) is 0 Å². The van der Waals surface area contributed by atoms with Gasteiger partial charge in [0.25, 0.3) is 5.91 Å². The molecule has 0 saturated carbocycles. The summed E-state index contributed by atoms with van der Waals surface area (Å²) in [6.07, 6.45) is 0. The Bertz CT molecular complexity index is 316. The molecule has 1 aromatic rings. The zero-order valence-electron chi connectivity index (χ0n) is 7.72. The molecule has 0 aromatic carbocycles. The molecule has 0 fully saturated rings. The molecule has 1 N–H and O–H groups in total. The van der Waals surface area contributed by atoms with E-state index in [-0.39, 0.29) is 11.4 Å². The molecule has 1 heterocycles. The Morgan fingerprint density at radius 3 is 2.62 bits per heavy atom. The van der Waals surface area contributed by atoms with Gasteiger partial charge in [-0.2, -0.15) is 0 Å². The fourth-order valence-electron chi connectivity index (χ4n) is 0.761. The minimum absolute atomic E-state index is 0.130. The number of amides is 1. The van der Waals surface area contributed by atoms with Crippen molar-refractivity contribution in [3.05, 3.63) is 15.0 Å². The third-order valence-corrected chi connectivity index (χ3v) is 2.56. The van der Waals surface area contributed by atoms with Crippen molar-refractivity contribution < 1.29 is 4.79 Å². The Kier molecular flexibility index (Phi) is 3.08. The van der Waals surface area contributed by atoms with Crippen molar-refractivity contribution in [3.8, 4) is 0 Å². The van der Waals surface area contributed by atoms with Crippen LogP contribution in [0.4, 0.5) is 0 Å². The first-order chi connectivity index (χ1) is 5.88. The number of nitrogens with zero attached hydrogens (tertiary/aromatic N) is 1. The average Bonchev–Trinajstić information content (AvgIpc) is 2.31. The Balaban J connectivity index is 2.70. The first-order valence-electron chi connectivity index (χ1n) is 3.82. The average molecular weight is 263 g/mol. The zero-order valence-corrected chi connectivity index (χ0v) is 10.1. The van der Waals surface area contributed by atoms with Crippen LogP contribution in [0.25, 0.3) is 0 Å². The Morgan fingerprint density at radius 2 is 2.23 bits per heavy atom. The molecular weight excluding hydrogens is 252 g/mol. The van der Waals surface area contributed by atoms with Gasteiger partial charge < -0.3 is 5.32 Å². The molecular formula is C8H11BrN2OS.